The number of rotatable bonds is 2. The Labute approximate surface area is 150 Å². The largest absolute Gasteiger partial charge is 0.486 e. The zero-order chi connectivity index (χ0) is 17.4. The van der Waals surface area contributed by atoms with Gasteiger partial charge in [0, 0.05) is 11.6 Å². The molecule has 130 valence electrons. The van der Waals surface area contributed by atoms with Crippen LogP contribution >= 0.6 is 11.6 Å². The number of amides is 1. The van der Waals surface area contributed by atoms with Gasteiger partial charge in [0.2, 0.25) is 0 Å². The fraction of sp³-hybridized carbons (Fsp3) is 0.316. The van der Waals surface area contributed by atoms with Crippen molar-refractivity contribution in [2.75, 3.05) is 19.8 Å². The second-order valence-electron chi connectivity index (χ2n) is 6.18. The van der Waals surface area contributed by atoms with Gasteiger partial charge in [0.25, 0.3) is 5.91 Å². The molecule has 1 unspecified atom stereocenters. The predicted molar refractivity (Wildman–Crippen MR) is 91.9 cm³/mol. The standard InChI is InChI=1S/C19H17ClFNO3/c20-13-4-5-14(15(21)11-13)19(23)22-7-1-2-16(22)12-3-6-17-18(10-12)25-9-8-24-17/h3-6,10-11,16H,1-2,7-9H2. The number of ether oxygens (including phenoxy) is 2. The van der Waals surface area contributed by atoms with Crippen molar-refractivity contribution in [3.8, 4) is 11.5 Å². The average Bonchev–Trinajstić information content (AvgIpc) is 3.10. The molecule has 1 saturated heterocycles. The van der Waals surface area contributed by atoms with E-state index in [0.29, 0.717) is 25.5 Å². The van der Waals surface area contributed by atoms with E-state index in [1.807, 2.05) is 18.2 Å². The van der Waals surface area contributed by atoms with Crippen LogP contribution in [0, 0.1) is 5.82 Å². The minimum Gasteiger partial charge on any atom is -0.486 e. The molecule has 0 saturated carbocycles. The van der Waals surface area contributed by atoms with Crippen molar-refractivity contribution < 1.29 is 18.7 Å². The summed E-state index contributed by atoms with van der Waals surface area (Å²) in [5.74, 6) is 0.507. The van der Waals surface area contributed by atoms with Gasteiger partial charge in [-0.25, -0.2) is 4.39 Å². The minimum atomic E-state index is -0.592. The number of likely N-dealkylation sites (tertiary alicyclic amines) is 1. The third-order valence-corrected chi connectivity index (χ3v) is 4.86. The number of hydrogen-bond donors (Lipinski definition) is 0. The van der Waals surface area contributed by atoms with Gasteiger partial charge in [-0.05, 0) is 48.7 Å². The summed E-state index contributed by atoms with van der Waals surface area (Å²) in [5.41, 5.74) is 1.03. The first-order valence-electron chi connectivity index (χ1n) is 8.29. The van der Waals surface area contributed by atoms with Crippen LogP contribution in [0.3, 0.4) is 0 Å². The van der Waals surface area contributed by atoms with Gasteiger partial charge in [-0.1, -0.05) is 17.7 Å². The molecule has 0 aliphatic carbocycles. The maximum Gasteiger partial charge on any atom is 0.257 e. The molecule has 2 aromatic rings. The van der Waals surface area contributed by atoms with Gasteiger partial charge in [-0.15, -0.1) is 0 Å². The fourth-order valence-electron chi connectivity index (χ4n) is 3.44. The second-order valence-corrected chi connectivity index (χ2v) is 6.62. The van der Waals surface area contributed by atoms with Crippen LogP contribution in [0.1, 0.15) is 34.8 Å². The van der Waals surface area contributed by atoms with Gasteiger partial charge >= 0.3 is 0 Å². The molecule has 0 spiro atoms. The number of fused-ring (bicyclic) bond motifs is 1. The highest BCUT2D eigenvalue weighted by molar-refractivity contribution is 6.30. The van der Waals surface area contributed by atoms with Crippen molar-refractivity contribution >= 4 is 17.5 Å². The van der Waals surface area contributed by atoms with Crippen molar-refractivity contribution in [3.05, 3.63) is 58.4 Å². The van der Waals surface area contributed by atoms with Crippen molar-refractivity contribution in [3.63, 3.8) is 0 Å². The predicted octanol–water partition coefficient (Wildman–Crippen LogP) is 4.23. The Morgan fingerprint density at radius 3 is 2.72 bits per heavy atom. The summed E-state index contributed by atoms with van der Waals surface area (Å²) in [6.07, 6.45) is 1.71. The maximum atomic E-state index is 14.1. The van der Waals surface area contributed by atoms with Crippen LogP contribution in [0.15, 0.2) is 36.4 Å². The number of benzene rings is 2. The van der Waals surface area contributed by atoms with E-state index in [-0.39, 0.29) is 22.5 Å². The molecule has 6 heteroatoms. The van der Waals surface area contributed by atoms with Gasteiger partial charge in [0.15, 0.2) is 11.5 Å². The van der Waals surface area contributed by atoms with E-state index in [1.165, 1.54) is 18.2 Å². The third kappa shape index (κ3) is 3.04. The molecule has 25 heavy (non-hydrogen) atoms. The summed E-state index contributed by atoms with van der Waals surface area (Å²) in [6.45, 7) is 1.65. The molecule has 1 amide bonds. The molecular formula is C19H17ClFNO3. The van der Waals surface area contributed by atoms with E-state index in [4.69, 9.17) is 21.1 Å². The number of nitrogens with zero attached hydrogens (tertiary/aromatic N) is 1. The van der Waals surface area contributed by atoms with Crippen LogP contribution in [-0.2, 0) is 0 Å². The van der Waals surface area contributed by atoms with E-state index in [1.54, 1.807) is 4.90 Å². The number of halogens is 2. The number of hydrogen-bond acceptors (Lipinski definition) is 3. The van der Waals surface area contributed by atoms with Gasteiger partial charge < -0.3 is 14.4 Å². The SMILES string of the molecule is O=C(c1ccc(Cl)cc1F)N1CCCC1c1ccc2c(c1)OCCO2. The summed E-state index contributed by atoms with van der Waals surface area (Å²) >= 11 is 5.78. The normalized spacial score (nSPS) is 19.1. The second kappa shape index (κ2) is 6.56. The smallest absolute Gasteiger partial charge is 0.257 e. The average molecular weight is 362 g/mol. The van der Waals surface area contributed by atoms with Gasteiger partial charge in [0.1, 0.15) is 19.0 Å². The Kier molecular flexibility index (Phi) is 4.25. The zero-order valence-electron chi connectivity index (χ0n) is 13.5. The molecule has 0 bridgehead atoms. The van der Waals surface area contributed by atoms with Crippen LogP contribution in [0.4, 0.5) is 4.39 Å². The first kappa shape index (κ1) is 16.2. The lowest BCUT2D eigenvalue weighted by molar-refractivity contribution is 0.0730. The van der Waals surface area contributed by atoms with E-state index in [2.05, 4.69) is 0 Å². The Morgan fingerprint density at radius 1 is 1.12 bits per heavy atom. The van der Waals surface area contributed by atoms with Crippen molar-refractivity contribution in [2.45, 2.75) is 18.9 Å². The monoisotopic (exact) mass is 361 g/mol. The van der Waals surface area contributed by atoms with Crippen LogP contribution in [0.25, 0.3) is 0 Å². The molecule has 2 aromatic carbocycles. The molecule has 2 heterocycles. The first-order valence-corrected chi connectivity index (χ1v) is 8.67. The molecule has 0 aromatic heterocycles. The molecule has 1 atom stereocenters. The highest BCUT2D eigenvalue weighted by Gasteiger charge is 2.32. The molecule has 1 fully saturated rings. The van der Waals surface area contributed by atoms with Crippen molar-refractivity contribution in [1.82, 2.24) is 4.90 Å². The minimum absolute atomic E-state index is 0.0499. The number of carbonyl (C=O) groups excluding carboxylic acids is 1. The summed E-state index contributed by atoms with van der Waals surface area (Å²) in [4.78, 5) is 14.6. The quantitative estimate of drug-likeness (QED) is 0.803. The molecule has 4 nitrogen and oxygen atoms in total. The lowest BCUT2D eigenvalue weighted by Gasteiger charge is -2.27. The molecule has 2 aliphatic heterocycles. The highest BCUT2D eigenvalue weighted by atomic mass is 35.5. The Morgan fingerprint density at radius 2 is 1.92 bits per heavy atom. The lowest BCUT2D eigenvalue weighted by Crippen LogP contribution is -2.31. The topological polar surface area (TPSA) is 38.8 Å². The third-order valence-electron chi connectivity index (χ3n) is 4.63. The summed E-state index contributed by atoms with van der Waals surface area (Å²) in [6, 6.07) is 9.79. The van der Waals surface area contributed by atoms with Crippen LogP contribution < -0.4 is 9.47 Å². The Balaban J connectivity index is 1.63. The van der Waals surface area contributed by atoms with Crippen LogP contribution in [0.5, 0.6) is 11.5 Å². The van der Waals surface area contributed by atoms with E-state index >= 15 is 0 Å². The van der Waals surface area contributed by atoms with Crippen molar-refractivity contribution in [1.29, 1.82) is 0 Å². The van der Waals surface area contributed by atoms with Crippen LogP contribution in [0.2, 0.25) is 5.02 Å². The Hall–Kier alpha value is -2.27. The van der Waals surface area contributed by atoms with E-state index in [9.17, 15) is 9.18 Å². The van der Waals surface area contributed by atoms with E-state index < -0.39 is 5.82 Å². The van der Waals surface area contributed by atoms with Gasteiger partial charge in [-0.3, -0.25) is 4.79 Å². The molecule has 4 rings (SSSR count). The lowest BCUT2D eigenvalue weighted by atomic mass is 10.0. The number of carbonyl (C=O) groups is 1. The zero-order valence-corrected chi connectivity index (χ0v) is 14.3. The first-order chi connectivity index (χ1) is 12.1. The molecule has 0 radical (unpaired) electrons. The fourth-order valence-corrected chi connectivity index (χ4v) is 3.60. The summed E-state index contributed by atoms with van der Waals surface area (Å²) in [7, 11) is 0. The molecule has 2 aliphatic rings. The van der Waals surface area contributed by atoms with Gasteiger partial charge in [-0.2, -0.15) is 0 Å². The molecular weight excluding hydrogens is 345 g/mol. The van der Waals surface area contributed by atoms with Gasteiger partial charge in [0.05, 0.1) is 11.6 Å². The summed E-state index contributed by atoms with van der Waals surface area (Å²) < 4.78 is 25.3. The summed E-state index contributed by atoms with van der Waals surface area (Å²) in [5, 5.41) is 0.277. The highest BCUT2D eigenvalue weighted by Crippen LogP contribution is 2.38. The Bertz CT molecular complexity index is 826. The molecule has 0 N–H and O–H groups in total. The van der Waals surface area contributed by atoms with E-state index in [0.717, 1.165) is 24.2 Å². The van der Waals surface area contributed by atoms with Crippen molar-refractivity contribution in [2.24, 2.45) is 0 Å². The maximum absolute atomic E-state index is 14.1. The van der Waals surface area contributed by atoms with Crippen LogP contribution in [-0.4, -0.2) is 30.6 Å².